The second-order valence-electron chi connectivity index (χ2n) is 3.56. The molecular formula is C12H24O3. The molecule has 0 aromatic carbocycles. The Labute approximate surface area is 98.4 Å². The molecule has 0 aromatic rings. The summed E-state index contributed by atoms with van der Waals surface area (Å²) < 4.78 is 32.1. The van der Waals surface area contributed by atoms with Crippen LogP contribution in [0.25, 0.3) is 0 Å². The van der Waals surface area contributed by atoms with E-state index in [2.05, 4.69) is 11.7 Å². The number of unbranched alkanes of at least 4 members (excludes halogenated alkanes) is 6. The predicted molar refractivity (Wildman–Crippen MR) is 60.7 cm³/mol. The average Bonchev–Trinajstić information content (AvgIpc) is 2.25. The predicted octanol–water partition coefficient (Wildman–Crippen LogP) is 2.66. The molecule has 90 valence electrons. The fraction of sp³-hybridized carbons (Fsp3) is 0.917. The maximum atomic E-state index is 11.3. The van der Waals surface area contributed by atoms with Crippen molar-refractivity contribution in [2.24, 2.45) is 0 Å². The number of rotatable bonds is 10. The standard InChI is InChI=1S/C12H24O3/c1-2-3-4-5-6-7-8-9-12(14)15-11-10-13/h13H,2-11H2,1H3/i10D2,11D2. The van der Waals surface area contributed by atoms with Crippen molar-refractivity contribution in [3.63, 3.8) is 0 Å². The van der Waals surface area contributed by atoms with E-state index in [0.29, 0.717) is 6.42 Å². The maximum absolute atomic E-state index is 11.3. The zero-order valence-electron chi connectivity index (χ0n) is 13.4. The highest BCUT2D eigenvalue weighted by molar-refractivity contribution is 5.69. The van der Waals surface area contributed by atoms with Crippen molar-refractivity contribution < 1.29 is 20.1 Å². The van der Waals surface area contributed by atoms with Crippen molar-refractivity contribution in [1.29, 1.82) is 0 Å². The lowest BCUT2D eigenvalue weighted by atomic mass is 10.1. The van der Waals surface area contributed by atoms with E-state index in [9.17, 15) is 4.79 Å². The molecule has 0 atom stereocenters. The molecule has 3 heteroatoms. The molecule has 0 aliphatic carbocycles. The van der Waals surface area contributed by atoms with Gasteiger partial charge in [-0.3, -0.25) is 4.79 Å². The van der Waals surface area contributed by atoms with Crippen LogP contribution in [0.5, 0.6) is 0 Å². The molecule has 0 bridgehead atoms. The van der Waals surface area contributed by atoms with Crippen LogP contribution in [0.1, 0.15) is 63.8 Å². The molecule has 0 heterocycles. The largest absolute Gasteiger partial charge is 0.463 e. The molecule has 0 aliphatic rings. The highest BCUT2D eigenvalue weighted by Gasteiger charge is 2.01. The first-order valence-corrected chi connectivity index (χ1v) is 5.65. The first kappa shape index (κ1) is 8.57. The number of carbonyl (C=O) groups is 1. The third-order valence-corrected chi connectivity index (χ3v) is 2.19. The lowest BCUT2D eigenvalue weighted by Gasteiger charge is -2.02. The van der Waals surface area contributed by atoms with Gasteiger partial charge in [0.05, 0.1) is 12.0 Å². The Kier molecular flexibility index (Phi) is 6.57. The van der Waals surface area contributed by atoms with Crippen molar-refractivity contribution in [3.05, 3.63) is 0 Å². The first-order chi connectivity index (χ1) is 8.70. The van der Waals surface area contributed by atoms with E-state index >= 15 is 0 Å². The minimum atomic E-state index is -3.19. The van der Waals surface area contributed by atoms with E-state index in [-0.39, 0.29) is 6.42 Å². The van der Waals surface area contributed by atoms with E-state index in [1.54, 1.807) is 0 Å². The second kappa shape index (κ2) is 11.5. The van der Waals surface area contributed by atoms with Gasteiger partial charge in [0, 0.05) is 6.42 Å². The fourth-order valence-corrected chi connectivity index (χ4v) is 1.36. The van der Waals surface area contributed by atoms with Gasteiger partial charge in [0.25, 0.3) is 0 Å². The molecule has 1 N–H and O–H groups in total. The summed E-state index contributed by atoms with van der Waals surface area (Å²) in [6.07, 6.45) is 7.25. The summed E-state index contributed by atoms with van der Waals surface area (Å²) in [7, 11) is 0. The zero-order chi connectivity index (χ0) is 14.9. The first-order valence-electron chi connectivity index (χ1n) is 7.65. The summed E-state index contributed by atoms with van der Waals surface area (Å²) in [6.45, 7) is -4.06. The van der Waals surface area contributed by atoms with Crippen molar-refractivity contribution in [1.82, 2.24) is 0 Å². The SMILES string of the molecule is [2H]C([2H])(O)C([2H])([2H])OC(=O)CCCCCCCCC. The molecule has 0 unspecified atom stereocenters. The lowest BCUT2D eigenvalue weighted by molar-refractivity contribution is -0.144. The smallest absolute Gasteiger partial charge is 0.305 e. The number of carbonyl (C=O) groups excluding carboxylic acids is 1. The van der Waals surface area contributed by atoms with Crippen molar-refractivity contribution in [2.75, 3.05) is 13.1 Å². The van der Waals surface area contributed by atoms with E-state index < -0.39 is 19.1 Å². The molecule has 15 heavy (non-hydrogen) atoms. The molecule has 0 amide bonds. The van der Waals surface area contributed by atoms with Gasteiger partial charge in [-0.25, -0.2) is 0 Å². The van der Waals surface area contributed by atoms with Gasteiger partial charge in [-0.15, -0.1) is 0 Å². The van der Waals surface area contributed by atoms with Gasteiger partial charge in [0.15, 0.2) is 0 Å². The molecule has 0 saturated carbocycles. The summed E-state index contributed by atoms with van der Waals surface area (Å²) in [4.78, 5) is 11.3. The molecule has 0 saturated heterocycles. The summed E-state index contributed by atoms with van der Waals surface area (Å²) in [5.74, 6) is -0.823. The van der Waals surface area contributed by atoms with Crippen LogP contribution < -0.4 is 0 Å². The Balaban J connectivity index is 3.71. The van der Waals surface area contributed by atoms with Crippen LogP contribution in [0, 0.1) is 0 Å². The molecule has 0 radical (unpaired) electrons. The summed E-state index contributed by atoms with van der Waals surface area (Å²) in [5, 5.41) is 8.87. The lowest BCUT2D eigenvalue weighted by Crippen LogP contribution is -2.07. The minimum absolute atomic E-state index is 0.0450. The van der Waals surface area contributed by atoms with E-state index in [0.717, 1.165) is 19.3 Å². The van der Waals surface area contributed by atoms with Crippen molar-refractivity contribution >= 4 is 5.97 Å². The number of ether oxygens (including phenoxy) is 1. The van der Waals surface area contributed by atoms with Crippen LogP contribution in [0.4, 0.5) is 0 Å². The van der Waals surface area contributed by atoms with Crippen LogP contribution in [0.2, 0.25) is 0 Å². The topological polar surface area (TPSA) is 46.5 Å². The Hall–Kier alpha value is -0.570. The molecule has 0 spiro atoms. The maximum Gasteiger partial charge on any atom is 0.305 e. The Morgan fingerprint density at radius 1 is 1.20 bits per heavy atom. The second-order valence-corrected chi connectivity index (χ2v) is 3.56. The number of esters is 1. The molecule has 0 fully saturated rings. The monoisotopic (exact) mass is 220 g/mol. The summed E-state index contributed by atoms with van der Waals surface area (Å²) in [6, 6.07) is 0. The number of hydrogen-bond donors (Lipinski definition) is 1. The van der Waals surface area contributed by atoms with Crippen LogP contribution in [-0.4, -0.2) is 24.2 Å². The van der Waals surface area contributed by atoms with Crippen LogP contribution in [0.15, 0.2) is 0 Å². The van der Waals surface area contributed by atoms with Gasteiger partial charge < -0.3 is 9.84 Å². The van der Waals surface area contributed by atoms with Gasteiger partial charge in [0.1, 0.15) is 6.56 Å². The third kappa shape index (κ3) is 11.4. The van der Waals surface area contributed by atoms with Crippen LogP contribution in [-0.2, 0) is 9.53 Å². The van der Waals surface area contributed by atoms with Crippen LogP contribution >= 0.6 is 0 Å². The minimum Gasteiger partial charge on any atom is -0.463 e. The quantitative estimate of drug-likeness (QED) is 0.455. The Morgan fingerprint density at radius 3 is 2.40 bits per heavy atom. The highest BCUT2D eigenvalue weighted by atomic mass is 16.5. The third-order valence-electron chi connectivity index (χ3n) is 2.19. The Morgan fingerprint density at radius 2 is 1.80 bits per heavy atom. The highest BCUT2D eigenvalue weighted by Crippen LogP contribution is 2.08. The molecule has 3 nitrogen and oxygen atoms in total. The fourth-order valence-electron chi connectivity index (χ4n) is 1.36. The van der Waals surface area contributed by atoms with Gasteiger partial charge >= 0.3 is 5.97 Å². The van der Waals surface area contributed by atoms with Gasteiger partial charge in [-0.1, -0.05) is 45.4 Å². The number of hydrogen-bond acceptors (Lipinski definition) is 3. The summed E-state index contributed by atoms with van der Waals surface area (Å²) >= 11 is 0. The normalized spacial score (nSPS) is 16.1. The Bertz CT molecular complexity index is 264. The average molecular weight is 220 g/mol. The van der Waals surface area contributed by atoms with Gasteiger partial charge in [0.2, 0.25) is 0 Å². The van der Waals surface area contributed by atoms with Crippen molar-refractivity contribution in [3.8, 4) is 0 Å². The van der Waals surface area contributed by atoms with E-state index in [1.807, 2.05) is 0 Å². The molecule has 0 rings (SSSR count). The molecule has 0 aromatic heterocycles. The number of aliphatic hydroxyl groups is 1. The van der Waals surface area contributed by atoms with E-state index in [4.69, 9.17) is 10.6 Å². The molecule has 0 aliphatic heterocycles. The zero-order valence-corrected chi connectivity index (χ0v) is 9.42. The van der Waals surface area contributed by atoms with E-state index in [1.165, 1.54) is 19.3 Å². The van der Waals surface area contributed by atoms with Gasteiger partial charge in [-0.05, 0) is 6.42 Å². The summed E-state index contributed by atoms with van der Waals surface area (Å²) in [5.41, 5.74) is 0. The van der Waals surface area contributed by atoms with Crippen LogP contribution in [0.3, 0.4) is 0 Å². The molecular weight excluding hydrogens is 192 g/mol. The van der Waals surface area contributed by atoms with Crippen molar-refractivity contribution in [2.45, 2.75) is 58.3 Å². The van der Waals surface area contributed by atoms with Gasteiger partial charge in [-0.2, -0.15) is 0 Å².